The van der Waals surface area contributed by atoms with Crippen LogP contribution < -0.4 is 5.32 Å². The van der Waals surface area contributed by atoms with Crippen molar-refractivity contribution in [2.45, 2.75) is 72.3 Å². The highest BCUT2D eigenvalue weighted by atomic mass is 14.9. The van der Waals surface area contributed by atoms with Gasteiger partial charge in [-0.15, -0.1) is 0 Å². The largest absolute Gasteiger partial charge is 0.313 e. The molecule has 4 unspecified atom stereocenters. The molecule has 4 atom stereocenters. The first-order valence-corrected chi connectivity index (χ1v) is 8.93. The van der Waals surface area contributed by atoms with E-state index in [4.69, 9.17) is 0 Å². The Kier molecular flexibility index (Phi) is 8.68. The van der Waals surface area contributed by atoms with Crippen molar-refractivity contribution < 1.29 is 0 Å². The third kappa shape index (κ3) is 5.47. The molecule has 1 aromatic rings. The molecule has 21 heavy (non-hydrogen) atoms. The molecule has 0 radical (unpaired) electrons. The Morgan fingerprint density at radius 3 is 2.10 bits per heavy atom. The Labute approximate surface area is 132 Å². The topological polar surface area (TPSA) is 12.0 Å². The third-order valence-electron chi connectivity index (χ3n) is 4.82. The molecule has 0 saturated carbocycles. The molecular formula is C20H35N. The zero-order chi connectivity index (χ0) is 15.7. The summed E-state index contributed by atoms with van der Waals surface area (Å²) >= 11 is 0. The normalized spacial score (nSPS) is 17.2. The summed E-state index contributed by atoms with van der Waals surface area (Å²) < 4.78 is 0. The summed E-state index contributed by atoms with van der Waals surface area (Å²) in [5.41, 5.74) is 1.50. The van der Waals surface area contributed by atoms with Crippen LogP contribution in [0.4, 0.5) is 0 Å². The van der Waals surface area contributed by atoms with Gasteiger partial charge in [-0.2, -0.15) is 0 Å². The van der Waals surface area contributed by atoms with E-state index in [9.17, 15) is 0 Å². The van der Waals surface area contributed by atoms with E-state index < -0.39 is 0 Å². The molecule has 0 bridgehead atoms. The lowest BCUT2D eigenvalue weighted by molar-refractivity contribution is 0.255. The van der Waals surface area contributed by atoms with Crippen LogP contribution in [0, 0.1) is 11.8 Å². The zero-order valence-corrected chi connectivity index (χ0v) is 14.7. The van der Waals surface area contributed by atoms with E-state index in [0.29, 0.717) is 17.9 Å². The van der Waals surface area contributed by atoms with Gasteiger partial charge in [-0.05, 0) is 36.8 Å². The lowest BCUT2D eigenvalue weighted by Crippen LogP contribution is -2.42. The molecule has 1 nitrogen and oxygen atoms in total. The summed E-state index contributed by atoms with van der Waals surface area (Å²) in [6.45, 7) is 12.8. The molecule has 0 spiro atoms. The van der Waals surface area contributed by atoms with Gasteiger partial charge in [0.2, 0.25) is 0 Å². The predicted molar refractivity (Wildman–Crippen MR) is 94.8 cm³/mol. The lowest BCUT2D eigenvalue weighted by Gasteiger charge is -2.37. The van der Waals surface area contributed by atoms with E-state index in [-0.39, 0.29) is 0 Å². The first-order chi connectivity index (χ1) is 10.2. The minimum atomic E-state index is 0.585. The number of rotatable bonds is 10. The van der Waals surface area contributed by atoms with Crippen LogP contribution in [0.5, 0.6) is 0 Å². The van der Waals surface area contributed by atoms with E-state index >= 15 is 0 Å². The average molecular weight is 290 g/mol. The van der Waals surface area contributed by atoms with Crippen molar-refractivity contribution in [1.29, 1.82) is 0 Å². The quantitative estimate of drug-likeness (QED) is 0.589. The molecule has 0 aliphatic carbocycles. The SMILES string of the molecule is CCCNC(C(C)CCC)C(c1ccccc1)C(C)CC. The molecule has 1 rings (SSSR count). The van der Waals surface area contributed by atoms with Crippen molar-refractivity contribution >= 4 is 0 Å². The summed E-state index contributed by atoms with van der Waals surface area (Å²) in [7, 11) is 0. The molecule has 0 aromatic heterocycles. The lowest BCUT2D eigenvalue weighted by atomic mass is 9.75. The van der Waals surface area contributed by atoms with Crippen LogP contribution in [0.1, 0.15) is 71.8 Å². The molecule has 0 saturated heterocycles. The van der Waals surface area contributed by atoms with Crippen LogP contribution in [0.2, 0.25) is 0 Å². The van der Waals surface area contributed by atoms with Gasteiger partial charge in [0.1, 0.15) is 0 Å². The third-order valence-corrected chi connectivity index (χ3v) is 4.82. The summed E-state index contributed by atoms with van der Waals surface area (Å²) in [6.07, 6.45) is 5.02. The average Bonchev–Trinajstić information content (AvgIpc) is 2.51. The fourth-order valence-electron chi connectivity index (χ4n) is 3.45. The maximum absolute atomic E-state index is 3.87. The monoisotopic (exact) mass is 289 g/mol. The van der Waals surface area contributed by atoms with Crippen molar-refractivity contribution in [3.05, 3.63) is 35.9 Å². The van der Waals surface area contributed by atoms with E-state index in [1.807, 2.05) is 0 Å². The number of hydrogen-bond acceptors (Lipinski definition) is 1. The molecule has 1 N–H and O–H groups in total. The Bertz CT molecular complexity index is 359. The maximum Gasteiger partial charge on any atom is 0.0164 e. The highest BCUT2D eigenvalue weighted by Crippen LogP contribution is 2.34. The summed E-state index contributed by atoms with van der Waals surface area (Å²) in [5.74, 6) is 2.05. The van der Waals surface area contributed by atoms with E-state index in [0.717, 1.165) is 12.5 Å². The second kappa shape index (κ2) is 10.00. The Morgan fingerprint density at radius 2 is 1.57 bits per heavy atom. The van der Waals surface area contributed by atoms with Gasteiger partial charge in [0, 0.05) is 12.0 Å². The summed E-state index contributed by atoms with van der Waals surface area (Å²) in [5, 5.41) is 3.87. The van der Waals surface area contributed by atoms with E-state index in [1.165, 1.54) is 31.2 Å². The summed E-state index contributed by atoms with van der Waals surface area (Å²) in [4.78, 5) is 0. The van der Waals surface area contributed by atoms with Gasteiger partial charge in [0.25, 0.3) is 0 Å². The standard InChI is InChI=1S/C20H35N/c1-6-12-17(5)20(21-15-7-2)19(16(4)8-3)18-13-10-9-11-14-18/h9-11,13-14,16-17,19-21H,6-8,12,15H2,1-5H3. The van der Waals surface area contributed by atoms with Crippen LogP contribution in [0.3, 0.4) is 0 Å². The molecule has 0 aliphatic heterocycles. The molecular weight excluding hydrogens is 254 g/mol. The molecule has 0 amide bonds. The van der Waals surface area contributed by atoms with Gasteiger partial charge in [-0.25, -0.2) is 0 Å². The minimum Gasteiger partial charge on any atom is -0.313 e. The molecule has 1 aromatic carbocycles. The van der Waals surface area contributed by atoms with E-state index in [1.54, 1.807) is 0 Å². The minimum absolute atomic E-state index is 0.585. The number of hydrogen-bond donors (Lipinski definition) is 1. The molecule has 0 heterocycles. The second-order valence-corrected chi connectivity index (χ2v) is 6.57. The van der Waals surface area contributed by atoms with Crippen molar-refractivity contribution in [3.63, 3.8) is 0 Å². The Balaban J connectivity index is 3.04. The Hall–Kier alpha value is -0.820. The van der Waals surface area contributed by atoms with Gasteiger partial charge < -0.3 is 5.32 Å². The summed E-state index contributed by atoms with van der Waals surface area (Å²) in [6, 6.07) is 11.7. The Morgan fingerprint density at radius 1 is 0.905 bits per heavy atom. The van der Waals surface area contributed by atoms with Gasteiger partial charge in [-0.3, -0.25) is 0 Å². The van der Waals surface area contributed by atoms with Gasteiger partial charge in [0.15, 0.2) is 0 Å². The van der Waals surface area contributed by atoms with Crippen molar-refractivity contribution in [3.8, 4) is 0 Å². The first-order valence-electron chi connectivity index (χ1n) is 8.93. The number of nitrogens with one attached hydrogen (secondary N) is 1. The molecule has 0 aliphatic rings. The van der Waals surface area contributed by atoms with Crippen LogP contribution in [0.15, 0.2) is 30.3 Å². The van der Waals surface area contributed by atoms with Crippen LogP contribution >= 0.6 is 0 Å². The van der Waals surface area contributed by atoms with Crippen molar-refractivity contribution in [2.75, 3.05) is 6.54 Å². The fraction of sp³-hybridized carbons (Fsp3) is 0.700. The number of benzene rings is 1. The van der Waals surface area contributed by atoms with Crippen LogP contribution in [0.25, 0.3) is 0 Å². The molecule has 0 fully saturated rings. The van der Waals surface area contributed by atoms with Crippen LogP contribution in [-0.4, -0.2) is 12.6 Å². The fourth-order valence-corrected chi connectivity index (χ4v) is 3.45. The first kappa shape index (κ1) is 18.2. The maximum atomic E-state index is 3.87. The highest BCUT2D eigenvalue weighted by Gasteiger charge is 2.30. The van der Waals surface area contributed by atoms with Crippen molar-refractivity contribution in [2.24, 2.45) is 11.8 Å². The van der Waals surface area contributed by atoms with Gasteiger partial charge >= 0.3 is 0 Å². The molecule has 120 valence electrons. The van der Waals surface area contributed by atoms with Crippen LogP contribution in [-0.2, 0) is 0 Å². The second-order valence-electron chi connectivity index (χ2n) is 6.57. The van der Waals surface area contributed by atoms with Crippen molar-refractivity contribution in [1.82, 2.24) is 5.32 Å². The smallest absolute Gasteiger partial charge is 0.0164 e. The predicted octanol–water partition coefficient (Wildman–Crippen LogP) is 5.62. The van der Waals surface area contributed by atoms with Gasteiger partial charge in [-0.1, -0.05) is 77.8 Å². The highest BCUT2D eigenvalue weighted by molar-refractivity contribution is 5.22. The van der Waals surface area contributed by atoms with E-state index in [2.05, 4.69) is 70.3 Å². The molecule has 1 heteroatoms. The zero-order valence-electron chi connectivity index (χ0n) is 14.7. The van der Waals surface area contributed by atoms with Gasteiger partial charge in [0.05, 0.1) is 0 Å².